The number of furan rings is 1. The van der Waals surface area contributed by atoms with Crippen LogP contribution in [0.25, 0.3) is 0 Å². The number of aryl methyl sites for hydroxylation is 2. The van der Waals surface area contributed by atoms with E-state index >= 15 is 0 Å². The number of halogens is 1. The fourth-order valence-corrected chi connectivity index (χ4v) is 3.28. The zero-order valence-electron chi connectivity index (χ0n) is 15.2. The van der Waals surface area contributed by atoms with Gasteiger partial charge in [-0.3, -0.25) is 4.79 Å². The Bertz CT molecular complexity index is 752. The number of carbonyl (C=O) groups is 1. The molecule has 0 unspecified atom stereocenters. The van der Waals surface area contributed by atoms with Gasteiger partial charge >= 0.3 is 0 Å². The van der Waals surface area contributed by atoms with Crippen molar-refractivity contribution in [1.82, 2.24) is 4.90 Å². The molecule has 0 spiro atoms. The Morgan fingerprint density at radius 3 is 2.81 bits per heavy atom. The first-order chi connectivity index (χ1) is 12.5. The Morgan fingerprint density at radius 1 is 1.31 bits per heavy atom. The fraction of sp³-hybridized carbons (Fsp3) is 0.450. The maximum atomic E-state index is 12.8. The summed E-state index contributed by atoms with van der Waals surface area (Å²) in [5.74, 6) is 2.16. The second-order valence-corrected chi connectivity index (χ2v) is 7.06. The number of ether oxygens (including phenoxy) is 2. The molecule has 0 bridgehead atoms. The van der Waals surface area contributed by atoms with Crippen LogP contribution in [0.5, 0.6) is 5.75 Å². The monoisotopic (exact) mass is 377 g/mol. The summed E-state index contributed by atoms with van der Waals surface area (Å²) in [6, 6.07) is 9.15. The molecular weight excluding hydrogens is 354 g/mol. The van der Waals surface area contributed by atoms with Crippen LogP contribution in [0.1, 0.15) is 29.9 Å². The summed E-state index contributed by atoms with van der Waals surface area (Å²) in [4.78, 5) is 14.5. The number of carbonyl (C=O) groups excluding carboxylic acids is 1. The molecule has 140 valence electrons. The molecular formula is C20H24ClNO4. The lowest BCUT2D eigenvalue weighted by molar-refractivity contribution is -0.135. The number of rotatable bonds is 7. The molecule has 0 saturated carbocycles. The molecule has 0 radical (unpaired) electrons. The summed E-state index contributed by atoms with van der Waals surface area (Å²) in [7, 11) is 0. The number of hydrogen-bond acceptors (Lipinski definition) is 4. The second-order valence-electron chi connectivity index (χ2n) is 6.62. The lowest BCUT2D eigenvalue weighted by Crippen LogP contribution is -2.39. The van der Waals surface area contributed by atoms with Gasteiger partial charge in [-0.1, -0.05) is 11.6 Å². The van der Waals surface area contributed by atoms with Crippen LogP contribution in [0.2, 0.25) is 5.02 Å². The van der Waals surface area contributed by atoms with Gasteiger partial charge < -0.3 is 18.8 Å². The van der Waals surface area contributed by atoms with E-state index in [0.717, 1.165) is 36.5 Å². The third kappa shape index (κ3) is 5.02. The van der Waals surface area contributed by atoms with Crippen molar-refractivity contribution in [2.24, 2.45) is 0 Å². The molecule has 2 heterocycles. The average molecular weight is 378 g/mol. The van der Waals surface area contributed by atoms with E-state index in [1.54, 1.807) is 17.0 Å². The van der Waals surface area contributed by atoms with Gasteiger partial charge in [0.2, 0.25) is 0 Å². The van der Waals surface area contributed by atoms with Gasteiger partial charge in [0.1, 0.15) is 17.3 Å². The smallest absolute Gasteiger partial charge is 0.261 e. The Balaban J connectivity index is 1.64. The molecule has 1 atom stereocenters. The van der Waals surface area contributed by atoms with Crippen LogP contribution in [0.3, 0.4) is 0 Å². The van der Waals surface area contributed by atoms with Crippen molar-refractivity contribution in [2.45, 2.75) is 39.3 Å². The summed E-state index contributed by atoms with van der Waals surface area (Å²) in [6.07, 6.45) is 2.08. The van der Waals surface area contributed by atoms with Gasteiger partial charge in [-0.2, -0.15) is 0 Å². The minimum absolute atomic E-state index is 0.0329. The molecule has 26 heavy (non-hydrogen) atoms. The highest BCUT2D eigenvalue weighted by Gasteiger charge is 2.24. The molecule has 1 aliphatic heterocycles. The molecule has 3 rings (SSSR count). The highest BCUT2D eigenvalue weighted by atomic mass is 35.5. The van der Waals surface area contributed by atoms with Crippen molar-refractivity contribution in [2.75, 3.05) is 19.8 Å². The topological polar surface area (TPSA) is 51.9 Å². The Kier molecular flexibility index (Phi) is 6.22. The highest BCUT2D eigenvalue weighted by molar-refractivity contribution is 6.30. The third-order valence-electron chi connectivity index (χ3n) is 4.43. The van der Waals surface area contributed by atoms with Crippen molar-refractivity contribution in [3.05, 3.63) is 52.4 Å². The van der Waals surface area contributed by atoms with E-state index in [1.807, 2.05) is 32.0 Å². The van der Waals surface area contributed by atoms with Crippen molar-refractivity contribution in [3.63, 3.8) is 0 Å². The lowest BCUT2D eigenvalue weighted by Gasteiger charge is -2.25. The van der Waals surface area contributed by atoms with Crippen molar-refractivity contribution in [1.29, 1.82) is 0 Å². The summed E-state index contributed by atoms with van der Waals surface area (Å²) >= 11 is 5.96. The molecule has 5 nitrogen and oxygen atoms in total. The fourth-order valence-electron chi connectivity index (χ4n) is 3.05. The standard InChI is InChI=1S/C20H24ClNO4/c1-14-10-16(21)6-8-19(14)25-13-20(23)22(11-17-4-3-9-24-17)12-18-7-5-15(2)26-18/h5-8,10,17H,3-4,9,11-13H2,1-2H3/t17-/m0/s1. The zero-order chi connectivity index (χ0) is 18.5. The predicted octanol–water partition coefficient (Wildman–Crippen LogP) is 4.14. The molecule has 1 amide bonds. The molecule has 1 fully saturated rings. The maximum absolute atomic E-state index is 12.8. The van der Waals surface area contributed by atoms with Crippen molar-refractivity contribution < 1.29 is 18.7 Å². The molecule has 1 aromatic carbocycles. The van der Waals surface area contributed by atoms with Crippen LogP contribution in [-0.2, 0) is 16.1 Å². The van der Waals surface area contributed by atoms with Gasteiger partial charge in [-0.25, -0.2) is 0 Å². The molecule has 1 aliphatic rings. The Morgan fingerprint density at radius 2 is 2.15 bits per heavy atom. The van der Waals surface area contributed by atoms with Gasteiger partial charge in [0, 0.05) is 18.2 Å². The molecule has 6 heteroatoms. The van der Waals surface area contributed by atoms with E-state index in [-0.39, 0.29) is 18.6 Å². The average Bonchev–Trinajstić information content (AvgIpc) is 3.25. The van der Waals surface area contributed by atoms with Crippen LogP contribution >= 0.6 is 11.6 Å². The van der Waals surface area contributed by atoms with E-state index in [9.17, 15) is 4.79 Å². The van der Waals surface area contributed by atoms with Gasteiger partial charge in [-0.05, 0) is 62.6 Å². The molecule has 1 saturated heterocycles. The highest BCUT2D eigenvalue weighted by Crippen LogP contribution is 2.22. The van der Waals surface area contributed by atoms with Gasteiger partial charge in [-0.15, -0.1) is 0 Å². The first kappa shape index (κ1) is 18.8. The van der Waals surface area contributed by atoms with Crippen LogP contribution in [0.4, 0.5) is 0 Å². The normalized spacial score (nSPS) is 16.7. The predicted molar refractivity (Wildman–Crippen MR) is 99.5 cm³/mol. The van der Waals surface area contributed by atoms with E-state index < -0.39 is 0 Å². The lowest BCUT2D eigenvalue weighted by atomic mass is 10.2. The summed E-state index contributed by atoms with van der Waals surface area (Å²) < 4.78 is 17.0. The first-order valence-electron chi connectivity index (χ1n) is 8.85. The van der Waals surface area contributed by atoms with E-state index in [4.69, 9.17) is 25.5 Å². The first-order valence-corrected chi connectivity index (χ1v) is 9.22. The second kappa shape index (κ2) is 8.60. The van der Waals surface area contributed by atoms with E-state index in [0.29, 0.717) is 23.9 Å². The summed E-state index contributed by atoms with van der Waals surface area (Å²) in [6.45, 7) is 5.47. The molecule has 2 aromatic rings. The SMILES string of the molecule is Cc1ccc(CN(C[C@@H]2CCCO2)C(=O)COc2ccc(Cl)cc2C)o1. The Labute approximate surface area is 158 Å². The van der Waals surface area contributed by atoms with Crippen LogP contribution < -0.4 is 4.74 Å². The molecule has 1 aromatic heterocycles. The van der Waals surface area contributed by atoms with Gasteiger partial charge in [0.05, 0.1) is 12.6 Å². The number of benzene rings is 1. The van der Waals surface area contributed by atoms with Gasteiger partial charge in [0.25, 0.3) is 5.91 Å². The summed E-state index contributed by atoms with van der Waals surface area (Å²) in [5.41, 5.74) is 0.901. The Hall–Kier alpha value is -1.98. The van der Waals surface area contributed by atoms with Crippen molar-refractivity contribution >= 4 is 17.5 Å². The van der Waals surface area contributed by atoms with E-state index in [2.05, 4.69) is 0 Å². The zero-order valence-corrected chi connectivity index (χ0v) is 15.9. The largest absolute Gasteiger partial charge is 0.483 e. The minimum atomic E-state index is -0.0936. The van der Waals surface area contributed by atoms with E-state index in [1.165, 1.54) is 0 Å². The number of amides is 1. The quantitative estimate of drug-likeness (QED) is 0.727. The minimum Gasteiger partial charge on any atom is -0.483 e. The third-order valence-corrected chi connectivity index (χ3v) is 4.67. The molecule has 0 aliphatic carbocycles. The maximum Gasteiger partial charge on any atom is 0.261 e. The van der Waals surface area contributed by atoms with Crippen molar-refractivity contribution in [3.8, 4) is 5.75 Å². The van der Waals surface area contributed by atoms with Crippen LogP contribution in [0, 0.1) is 13.8 Å². The number of hydrogen-bond donors (Lipinski definition) is 0. The van der Waals surface area contributed by atoms with Crippen LogP contribution in [0.15, 0.2) is 34.7 Å². The van der Waals surface area contributed by atoms with Crippen LogP contribution in [-0.4, -0.2) is 36.7 Å². The molecule has 0 N–H and O–H groups in total. The van der Waals surface area contributed by atoms with Gasteiger partial charge in [0.15, 0.2) is 6.61 Å². The number of nitrogens with zero attached hydrogens (tertiary/aromatic N) is 1. The summed E-state index contributed by atoms with van der Waals surface area (Å²) in [5, 5.41) is 0.648.